The van der Waals surface area contributed by atoms with E-state index < -0.39 is 18.0 Å². The summed E-state index contributed by atoms with van der Waals surface area (Å²) in [5.41, 5.74) is 2.28. The second-order valence-corrected chi connectivity index (χ2v) is 10.9. The van der Waals surface area contributed by atoms with Crippen molar-refractivity contribution in [2.45, 2.75) is 51.0 Å². The fourth-order valence-electron chi connectivity index (χ4n) is 5.62. The summed E-state index contributed by atoms with van der Waals surface area (Å²) >= 11 is 0. The van der Waals surface area contributed by atoms with E-state index in [1.807, 2.05) is 54.6 Å². The van der Waals surface area contributed by atoms with E-state index in [2.05, 4.69) is 26.0 Å². The van der Waals surface area contributed by atoms with Crippen LogP contribution in [0.5, 0.6) is 0 Å². The molecule has 2 aromatic heterocycles. The second kappa shape index (κ2) is 12.4. The SMILES string of the molecule is O=C1CCCn2cc(nn2)CNC(=O)[C@H]2CN(C(=O)Cn3ncc4ccccc43)CCN2C(=O)[C@H](Cc2ccccc2)N1. The van der Waals surface area contributed by atoms with Crippen molar-refractivity contribution in [2.24, 2.45) is 0 Å². The summed E-state index contributed by atoms with van der Waals surface area (Å²) in [6.45, 7) is 0.992. The van der Waals surface area contributed by atoms with Crippen LogP contribution >= 0.6 is 0 Å². The third kappa shape index (κ3) is 6.40. The number of carbonyl (C=O) groups is 4. The van der Waals surface area contributed by atoms with Crippen LogP contribution in [0.4, 0.5) is 0 Å². The number of aromatic nitrogens is 5. The zero-order chi connectivity index (χ0) is 29.8. The van der Waals surface area contributed by atoms with Crippen molar-refractivity contribution in [1.82, 2.24) is 45.2 Å². The van der Waals surface area contributed by atoms with Gasteiger partial charge in [-0.15, -0.1) is 5.10 Å². The van der Waals surface area contributed by atoms with Crippen LogP contribution in [0.15, 0.2) is 67.0 Å². The van der Waals surface area contributed by atoms with Crippen molar-refractivity contribution in [3.05, 3.63) is 78.2 Å². The lowest BCUT2D eigenvalue weighted by Gasteiger charge is -2.42. The smallest absolute Gasteiger partial charge is 0.246 e. The van der Waals surface area contributed by atoms with E-state index >= 15 is 0 Å². The third-order valence-corrected chi connectivity index (χ3v) is 7.89. The Labute approximate surface area is 247 Å². The van der Waals surface area contributed by atoms with E-state index in [0.29, 0.717) is 18.7 Å². The molecule has 2 aliphatic rings. The second-order valence-electron chi connectivity index (χ2n) is 10.9. The van der Waals surface area contributed by atoms with Gasteiger partial charge in [-0.25, -0.2) is 0 Å². The number of nitrogens with one attached hydrogen (secondary N) is 2. The van der Waals surface area contributed by atoms with Crippen LogP contribution < -0.4 is 10.6 Å². The molecule has 13 heteroatoms. The van der Waals surface area contributed by atoms with E-state index in [4.69, 9.17) is 0 Å². The molecule has 4 amide bonds. The molecule has 1 saturated heterocycles. The molecule has 13 nitrogen and oxygen atoms in total. The zero-order valence-corrected chi connectivity index (χ0v) is 23.6. The highest BCUT2D eigenvalue weighted by Gasteiger charge is 2.40. The molecule has 0 radical (unpaired) electrons. The topological polar surface area (TPSA) is 147 Å². The van der Waals surface area contributed by atoms with Gasteiger partial charge in [0.2, 0.25) is 23.6 Å². The quantitative estimate of drug-likeness (QED) is 0.356. The van der Waals surface area contributed by atoms with Gasteiger partial charge in [-0.2, -0.15) is 5.10 Å². The van der Waals surface area contributed by atoms with E-state index in [-0.39, 0.29) is 63.3 Å². The molecule has 0 aliphatic carbocycles. The molecular formula is C30H33N9O4. The van der Waals surface area contributed by atoms with E-state index in [0.717, 1.165) is 16.5 Å². The number of carbonyl (C=O) groups excluding carboxylic acids is 4. The monoisotopic (exact) mass is 583 g/mol. The number of piperazine rings is 1. The van der Waals surface area contributed by atoms with Gasteiger partial charge in [0.15, 0.2) is 0 Å². The summed E-state index contributed by atoms with van der Waals surface area (Å²) < 4.78 is 3.27. The highest BCUT2D eigenvalue weighted by atomic mass is 16.2. The lowest BCUT2D eigenvalue weighted by atomic mass is 10.0. The van der Waals surface area contributed by atoms with Crippen LogP contribution in [-0.2, 0) is 45.2 Å². The highest BCUT2D eigenvalue weighted by Crippen LogP contribution is 2.18. The normalized spacial score (nSPS) is 20.1. The van der Waals surface area contributed by atoms with Crippen molar-refractivity contribution in [1.29, 1.82) is 0 Å². The van der Waals surface area contributed by atoms with Gasteiger partial charge in [0.05, 0.1) is 31.0 Å². The molecule has 1 fully saturated rings. The fraction of sp³-hybridized carbons (Fsp3) is 0.367. The van der Waals surface area contributed by atoms with Crippen molar-refractivity contribution in [2.75, 3.05) is 19.6 Å². The zero-order valence-electron chi connectivity index (χ0n) is 23.6. The number of benzene rings is 2. The largest absolute Gasteiger partial charge is 0.348 e. The summed E-state index contributed by atoms with van der Waals surface area (Å²) in [6.07, 6.45) is 4.44. The number of rotatable bonds is 4. The summed E-state index contributed by atoms with van der Waals surface area (Å²) in [4.78, 5) is 57.2. The van der Waals surface area contributed by atoms with Crippen LogP contribution in [0.2, 0.25) is 0 Å². The first-order valence-corrected chi connectivity index (χ1v) is 14.4. The third-order valence-electron chi connectivity index (χ3n) is 7.89. The molecule has 2 aromatic carbocycles. The number of amides is 4. The minimum absolute atomic E-state index is 0.00555. The predicted molar refractivity (Wildman–Crippen MR) is 155 cm³/mol. The molecule has 0 spiro atoms. The number of hydrogen-bond donors (Lipinski definition) is 2. The van der Waals surface area contributed by atoms with Crippen molar-refractivity contribution in [3.63, 3.8) is 0 Å². The molecule has 222 valence electrons. The maximum Gasteiger partial charge on any atom is 0.246 e. The molecule has 2 aliphatic heterocycles. The van der Waals surface area contributed by atoms with Gasteiger partial charge >= 0.3 is 0 Å². The lowest BCUT2D eigenvalue weighted by Crippen LogP contribution is -2.64. The Hall–Kier alpha value is -5.07. The minimum atomic E-state index is -0.963. The molecule has 43 heavy (non-hydrogen) atoms. The molecule has 4 aromatic rings. The Balaban J connectivity index is 1.26. The lowest BCUT2D eigenvalue weighted by molar-refractivity contribution is -0.150. The van der Waals surface area contributed by atoms with E-state index in [1.165, 1.54) is 4.90 Å². The molecule has 0 unspecified atom stereocenters. The minimum Gasteiger partial charge on any atom is -0.348 e. The molecular weight excluding hydrogens is 550 g/mol. The fourth-order valence-corrected chi connectivity index (χ4v) is 5.62. The van der Waals surface area contributed by atoms with Crippen molar-refractivity contribution >= 4 is 34.5 Å². The van der Waals surface area contributed by atoms with Crippen molar-refractivity contribution in [3.8, 4) is 0 Å². The summed E-state index contributed by atoms with van der Waals surface area (Å²) in [5, 5.41) is 19.3. The maximum atomic E-state index is 14.1. The Kier molecular flexibility index (Phi) is 8.11. The molecule has 6 rings (SSSR count). The van der Waals surface area contributed by atoms with Gasteiger partial charge in [-0.05, 0) is 18.1 Å². The summed E-state index contributed by atoms with van der Waals surface area (Å²) in [7, 11) is 0. The molecule has 2 bridgehead atoms. The van der Waals surface area contributed by atoms with E-state index in [1.54, 1.807) is 26.7 Å². The summed E-state index contributed by atoms with van der Waals surface area (Å²) in [6, 6.07) is 15.2. The first-order chi connectivity index (χ1) is 20.9. The van der Waals surface area contributed by atoms with Gasteiger partial charge in [0, 0.05) is 37.9 Å². The van der Waals surface area contributed by atoms with Gasteiger partial charge in [-0.3, -0.25) is 28.5 Å². The number of hydrogen-bond acceptors (Lipinski definition) is 7. The van der Waals surface area contributed by atoms with Crippen LogP contribution in [0.25, 0.3) is 10.9 Å². The number of fused-ring (bicyclic) bond motifs is 4. The Bertz CT molecular complexity index is 1630. The average molecular weight is 584 g/mol. The predicted octanol–water partition coefficient (Wildman–Crippen LogP) is 0.505. The van der Waals surface area contributed by atoms with Crippen LogP contribution in [-0.4, -0.2) is 89.9 Å². The molecule has 2 N–H and O–H groups in total. The Morgan fingerprint density at radius 1 is 0.977 bits per heavy atom. The van der Waals surface area contributed by atoms with Gasteiger partial charge in [-0.1, -0.05) is 53.7 Å². The first-order valence-electron chi connectivity index (χ1n) is 14.4. The highest BCUT2D eigenvalue weighted by molar-refractivity contribution is 5.93. The van der Waals surface area contributed by atoms with Gasteiger partial charge in [0.1, 0.15) is 24.3 Å². The standard InChI is InChI=1S/C30H33N9O4/c40-27-11-6-12-37-18-23(34-35-37)17-31-29(42)26-19-36(28(41)20-39-25-10-5-4-9-22(25)16-32-39)13-14-38(26)30(43)24(33-27)15-21-7-2-1-3-8-21/h1-5,7-10,16,18,24,26H,6,11-15,17,19-20H2,(H,31,42)(H,33,40)/t24-,26+/m0/s1. The average Bonchev–Trinajstić information content (AvgIpc) is 3.66. The maximum absolute atomic E-state index is 14.1. The Morgan fingerprint density at radius 3 is 2.65 bits per heavy atom. The molecule has 0 saturated carbocycles. The van der Waals surface area contributed by atoms with Gasteiger partial charge < -0.3 is 20.4 Å². The Morgan fingerprint density at radius 2 is 1.79 bits per heavy atom. The molecule has 4 heterocycles. The van der Waals surface area contributed by atoms with Crippen LogP contribution in [0, 0.1) is 0 Å². The number of aryl methyl sites for hydroxylation is 1. The van der Waals surface area contributed by atoms with Crippen molar-refractivity contribution < 1.29 is 19.2 Å². The van der Waals surface area contributed by atoms with E-state index in [9.17, 15) is 19.2 Å². The number of nitrogens with zero attached hydrogens (tertiary/aromatic N) is 7. The van der Waals surface area contributed by atoms with Crippen LogP contribution in [0.1, 0.15) is 24.1 Å². The van der Waals surface area contributed by atoms with Crippen LogP contribution in [0.3, 0.4) is 0 Å². The van der Waals surface area contributed by atoms with Gasteiger partial charge in [0.25, 0.3) is 0 Å². The first kappa shape index (κ1) is 28.1. The summed E-state index contributed by atoms with van der Waals surface area (Å²) in [5.74, 6) is -1.24. The number of para-hydroxylation sites is 1. The molecule has 2 atom stereocenters.